The molecular weight excluding hydrogens is 233 g/mol. The van der Waals surface area contributed by atoms with Gasteiger partial charge in [0.2, 0.25) is 0 Å². The minimum Gasteiger partial charge on any atom is -0.494 e. The Bertz CT molecular complexity index is 556. The number of halogens is 1. The second-order valence-electron chi connectivity index (χ2n) is 4.29. The molecule has 3 rings (SSSR count). The molecule has 2 heterocycles. The molecule has 0 fully saturated rings. The molecule has 18 heavy (non-hydrogen) atoms. The molecule has 0 atom stereocenters. The van der Waals surface area contributed by atoms with Crippen molar-refractivity contribution in [3.8, 4) is 17.1 Å². The molecule has 1 aromatic heterocycles. The summed E-state index contributed by atoms with van der Waals surface area (Å²) >= 11 is 0. The van der Waals surface area contributed by atoms with Crippen molar-refractivity contribution in [2.45, 2.75) is 13.0 Å². The standard InChI is InChI=1S/C13H14FN3O/c1-18-12-3-2-8(6-9(12)14)13-16-10-4-5-15-7-11(10)17-13/h2-3,6,15H,4-5,7H2,1H3,(H,16,17). The average molecular weight is 247 g/mol. The SMILES string of the molecule is COc1ccc(-c2nc3c([nH]2)CNCC3)cc1F. The van der Waals surface area contributed by atoms with Crippen LogP contribution in [0.1, 0.15) is 11.4 Å². The fourth-order valence-electron chi connectivity index (χ4n) is 2.17. The molecule has 2 aromatic rings. The number of rotatable bonds is 2. The van der Waals surface area contributed by atoms with Gasteiger partial charge in [-0.3, -0.25) is 0 Å². The van der Waals surface area contributed by atoms with E-state index in [-0.39, 0.29) is 11.6 Å². The number of aromatic amines is 1. The number of aromatic nitrogens is 2. The van der Waals surface area contributed by atoms with Gasteiger partial charge < -0.3 is 15.0 Å². The van der Waals surface area contributed by atoms with Crippen LogP contribution in [0, 0.1) is 5.82 Å². The van der Waals surface area contributed by atoms with E-state index >= 15 is 0 Å². The van der Waals surface area contributed by atoms with Gasteiger partial charge in [-0.15, -0.1) is 0 Å². The number of hydrogen-bond donors (Lipinski definition) is 2. The number of ether oxygens (including phenoxy) is 1. The van der Waals surface area contributed by atoms with Gasteiger partial charge in [-0.1, -0.05) is 0 Å². The summed E-state index contributed by atoms with van der Waals surface area (Å²) < 4.78 is 18.5. The van der Waals surface area contributed by atoms with E-state index in [1.807, 2.05) is 0 Å². The Balaban J connectivity index is 1.99. The number of fused-ring (bicyclic) bond motifs is 1. The molecule has 0 bridgehead atoms. The summed E-state index contributed by atoms with van der Waals surface area (Å²) in [7, 11) is 1.45. The third-order valence-corrected chi connectivity index (χ3v) is 3.13. The van der Waals surface area contributed by atoms with Crippen molar-refractivity contribution in [2.75, 3.05) is 13.7 Å². The van der Waals surface area contributed by atoms with Gasteiger partial charge in [0.15, 0.2) is 11.6 Å². The third kappa shape index (κ3) is 1.86. The highest BCUT2D eigenvalue weighted by Crippen LogP contribution is 2.25. The molecule has 5 heteroatoms. The predicted molar refractivity (Wildman–Crippen MR) is 65.9 cm³/mol. The second-order valence-corrected chi connectivity index (χ2v) is 4.29. The van der Waals surface area contributed by atoms with E-state index < -0.39 is 0 Å². The first-order valence-corrected chi connectivity index (χ1v) is 5.90. The zero-order valence-electron chi connectivity index (χ0n) is 10.1. The smallest absolute Gasteiger partial charge is 0.165 e. The van der Waals surface area contributed by atoms with Crippen LogP contribution in [0.3, 0.4) is 0 Å². The minimum atomic E-state index is -0.373. The van der Waals surface area contributed by atoms with Crippen LogP contribution in [0.5, 0.6) is 5.75 Å². The van der Waals surface area contributed by atoms with E-state index in [0.29, 0.717) is 5.82 Å². The first kappa shape index (κ1) is 11.2. The summed E-state index contributed by atoms with van der Waals surface area (Å²) in [4.78, 5) is 7.75. The van der Waals surface area contributed by atoms with E-state index in [2.05, 4.69) is 15.3 Å². The number of imidazole rings is 1. The van der Waals surface area contributed by atoms with Crippen LogP contribution in [0.4, 0.5) is 4.39 Å². The summed E-state index contributed by atoms with van der Waals surface area (Å²) in [5.41, 5.74) is 2.90. The van der Waals surface area contributed by atoms with E-state index in [9.17, 15) is 4.39 Å². The van der Waals surface area contributed by atoms with Gasteiger partial charge >= 0.3 is 0 Å². The fourth-order valence-corrected chi connectivity index (χ4v) is 2.17. The maximum atomic E-state index is 13.6. The Labute approximate surface area is 104 Å². The highest BCUT2D eigenvalue weighted by atomic mass is 19.1. The zero-order chi connectivity index (χ0) is 12.5. The van der Waals surface area contributed by atoms with Crippen molar-refractivity contribution in [2.24, 2.45) is 0 Å². The van der Waals surface area contributed by atoms with Crippen molar-refractivity contribution in [3.63, 3.8) is 0 Å². The number of nitrogens with one attached hydrogen (secondary N) is 2. The van der Waals surface area contributed by atoms with Crippen molar-refractivity contribution >= 4 is 0 Å². The van der Waals surface area contributed by atoms with Crippen LogP contribution in [0.25, 0.3) is 11.4 Å². The number of H-pyrrole nitrogens is 1. The van der Waals surface area contributed by atoms with Gasteiger partial charge in [-0.05, 0) is 18.2 Å². The summed E-state index contributed by atoms with van der Waals surface area (Å²) in [5, 5.41) is 3.27. The minimum absolute atomic E-state index is 0.247. The van der Waals surface area contributed by atoms with E-state index in [1.54, 1.807) is 12.1 Å². The fraction of sp³-hybridized carbons (Fsp3) is 0.308. The number of methoxy groups -OCH3 is 1. The molecule has 0 saturated carbocycles. The topological polar surface area (TPSA) is 49.9 Å². The van der Waals surface area contributed by atoms with Crippen molar-refractivity contribution < 1.29 is 9.13 Å². The van der Waals surface area contributed by atoms with Crippen molar-refractivity contribution in [1.82, 2.24) is 15.3 Å². The number of benzene rings is 1. The molecule has 0 amide bonds. The van der Waals surface area contributed by atoms with E-state index in [0.717, 1.165) is 36.5 Å². The molecule has 4 nitrogen and oxygen atoms in total. The quantitative estimate of drug-likeness (QED) is 0.851. The lowest BCUT2D eigenvalue weighted by atomic mass is 10.2. The lowest BCUT2D eigenvalue weighted by Crippen LogP contribution is -2.23. The second kappa shape index (κ2) is 4.42. The summed E-state index contributed by atoms with van der Waals surface area (Å²) in [6.07, 6.45) is 0.907. The van der Waals surface area contributed by atoms with Gasteiger partial charge in [0.05, 0.1) is 18.5 Å². The van der Waals surface area contributed by atoms with Crippen LogP contribution in [0.2, 0.25) is 0 Å². The van der Waals surface area contributed by atoms with Crippen molar-refractivity contribution in [3.05, 3.63) is 35.4 Å². The van der Waals surface area contributed by atoms with Crippen LogP contribution < -0.4 is 10.1 Å². The highest BCUT2D eigenvalue weighted by molar-refractivity contribution is 5.57. The Morgan fingerprint density at radius 3 is 3.00 bits per heavy atom. The number of nitrogens with zero attached hydrogens (tertiary/aromatic N) is 1. The van der Waals surface area contributed by atoms with Crippen LogP contribution in [-0.2, 0) is 13.0 Å². The molecule has 94 valence electrons. The van der Waals surface area contributed by atoms with Gasteiger partial charge in [0.25, 0.3) is 0 Å². The molecule has 0 radical (unpaired) electrons. The molecule has 1 aromatic carbocycles. The normalized spacial score (nSPS) is 14.3. The molecule has 1 aliphatic heterocycles. The molecule has 1 aliphatic rings. The first-order chi connectivity index (χ1) is 8.78. The Hall–Kier alpha value is -1.88. The van der Waals surface area contributed by atoms with Crippen LogP contribution in [0.15, 0.2) is 18.2 Å². The summed E-state index contributed by atoms with van der Waals surface area (Å²) in [5.74, 6) is 0.587. The molecule has 0 saturated heterocycles. The predicted octanol–water partition coefficient (Wildman–Crippen LogP) is 1.87. The van der Waals surface area contributed by atoms with E-state index in [1.165, 1.54) is 13.2 Å². The molecule has 0 aliphatic carbocycles. The number of hydrogen-bond acceptors (Lipinski definition) is 3. The highest BCUT2D eigenvalue weighted by Gasteiger charge is 2.15. The van der Waals surface area contributed by atoms with Gasteiger partial charge in [0.1, 0.15) is 5.82 Å². The first-order valence-electron chi connectivity index (χ1n) is 5.90. The zero-order valence-corrected chi connectivity index (χ0v) is 10.1. The van der Waals surface area contributed by atoms with Crippen LogP contribution in [-0.4, -0.2) is 23.6 Å². The molecule has 0 spiro atoms. The van der Waals surface area contributed by atoms with Gasteiger partial charge in [-0.2, -0.15) is 0 Å². The van der Waals surface area contributed by atoms with Gasteiger partial charge in [0, 0.05) is 25.1 Å². The Morgan fingerprint density at radius 1 is 1.39 bits per heavy atom. The van der Waals surface area contributed by atoms with E-state index in [4.69, 9.17) is 4.74 Å². The average Bonchev–Trinajstić information content (AvgIpc) is 2.82. The lowest BCUT2D eigenvalue weighted by molar-refractivity contribution is 0.386. The molecule has 0 unspecified atom stereocenters. The maximum Gasteiger partial charge on any atom is 0.165 e. The third-order valence-electron chi connectivity index (χ3n) is 3.13. The summed E-state index contributed by atoms with van der Waals surface area (Å²) in [6.45, 7) is 1.73. The maximum absolute atomic E-state index is 13.6. The lowest BCUT2D eigenvalue weighted by Gasteiger charge is -2.09. The largest absolute Gasteiger partial charge is 0.494 e. The molecular formula is C13H14FN3O. The Kier molecular flexibility index (Phi) is 2.76. The van der Waals surface area contributed by atoms with Gasteiger partial charge in [-0.25, -0.2) is 9.37 Å². The van der Waals surface area contributed by atoms with Crippen molar-refractivity contribution in [1.29, 1.82) is 0 Å². The monoisotopic (exact) mass is 247 g/mol. The Morgan fingerprint density at radius 2 is 2.28 bits per heavy atom. The van der Waals surface area contributed by atoms with Crippen LogP contribution >= 0.6 is 0 Å². The summed E-state index contributed by atoms with van der Waals surface area (Å²) in [6, 6.07) is 4.86. The molecule has 2 N–H and O–H groups in total.